The van der Waals surface area contributed by atoms with Crippen LogP contribution in [0.1, 0.15) is 158 Å². The number of hydrogen-bond acceptors (Lipinski definition) is 2. The Balaban J connectivity index is -0.0000000371. The average Bonchev–Trinajstić information content (AvgIpc) is 2.91. The SMILES string of the molecule is C.C.C.C.C.C.CCC(CC)CC(C)(F)F.CCC(F)(CC)OC(F)(F)CC(C)(F)F.CCC(F)(CC)OCC(C)(F)F.CF.CF.CF. The standard InChI is InChI=1S/C9H15F5O.C8H15F3O.C8H16F2.3CH3F.6CH4/c1-4-8(12,5-2)15-9(13,14)6-7(3,10)11;1-4-8(11,5-2)12-6-7(3,9)10;1-4-7(5-2)6-8(3,9)10;3*1-2;;;;;;/h4-6H2,1-3H3;4-6H2,1-3H3;7H,4-6H2,1-3H3;3*1H3;6*1H4. The Bertz CT molecular complexity index is 568. The summed E-state index contributed by atoms with van der Waals surface area (Å²) >= 11 is 0. The first kappa shape index (κ1) is 81.8. The predicted octanol–water partition coefficient (Wildman–Crippen LogP) is 16.3. The lowest BCUT2D eigenvalue weighted by molar-refractivity contribution is -0.348. The van der Waals surface area contributed by atoms with Crippen LogP contribution in [0.3, 0.4) is 0 Å². The molecule has 0 aliphatic rings. The second-order valence-corrected chi connectivity index (χ2v) is 9.48. The molecule has 0 aromatic carbocycles. The van der Waals surface area contributed by atoms with Crippen LogP contribution in [0.15, 0.2) is 0 Å². The van der Waals surface area contributed by atoms with E-state index in [1.807, 2.05) is 13.8 Å². The summed E-state index contributed by atoms with van der Waals surface area (Å²) in [5.74, 6) is -13.3. The third kappa shape index (κ3) is 62.6. The predicted molar refractivity (Wildman–Crippen MR) is 187 cm³/mol. The minimum Gasteiger partial charge on any atom is -0.339 e. The average molecular weight is 767 g/mol. The molecule has 0 aromatic rings. The molecule has 0 unspecified atom stereocenters. The van der Waals surface area contributed by atoms with E-state index in [0.29, 0.717) is 35.4 Å². The van der Waals surface area contributed by atoms with Crippen LogP contribution >= 0.6 is 0 Å². The molecule has 0 rings (SSSR count). The van der Waals surface area contributed by atoms with E-state index in [1.54, 1.807) is 13.8 Å². The van der Waals surface area contributed by atoms with Gasteiger partial charge in [-0.2, -0.15) is 8.78 Å². The maximum atomic E-state index is 13.4. The first-order valence-corrected chi connectivity index (χ1v) is 13.7. The van der Waals surface area contributed by atoms with E-state index >= 15 is 0 Å². The molecule has 0 N–H and O–H groups in total. The lowest BCUT2D eigenvalue weighted by atomic mass is 9.96. The summed E-state index contributed by atoms with van der Waals surface area (Å²) < 4.78 is 163. The molecule has 318 valence electrons. The summed E-state index contributed by atoms with van der Waals surface area (Å²) in [7, 11) is 1.50. The van der Waals surface area contributed by atoms with Crippen molar-refractivity contribution < 1.29 is 66.5 Å². The molecule has 0 aliphatic carbocycles. The molecule has 0 spiro atoms. The summed E-state index contributed by atoms with van der Waals surface area (Å²) in [6, 6.07) is 0. The van der Waals surface area contributed by atoms with E-state index < -0.39 is 48.6 Å². The highest BCUT2D eigenvalue weighted by Gasteiger charge is 2.47. The fourth-order valence-electron chi connectivity index (χ4n) is 2.85. The first-order valence-electron chi connectivity index (χ1n) is 13.7. The van der Waals surface area contributed by atoms with Crippen molar-refractivity contribution in [2.24, 2.45) is 5.92 Å². The van der Waals surface area contributed by atoms with Crippen LogP contribution in [-0.4, -0.2) is 63.7 Å². The van der Waals surface area contributed by atoms with Gasteiger partial charge < -0.3 is 4.74 Å². The fourth-order valence-corrected chi connectivity index (χ4v) is 2.85. The van der Waals surface area contributed by atoms with Crippen molar-refractivity contribution >= 4 is 0 Å². The zero-order valence-corrected chi connectivity index (χ0v) is 27.7. The smallest absolute Gasteiger partial charge is 0.339 e. The molecule has 0 aromatic heterocycles. The summed E-state index contributed by atoms with van der Waals surface area (Å²) in [5, 5.41) is 0. The molecular weight excluding hydrogens is 687 g/mol. The third-order valence-corrected chi connectivity index (χ3v) is 5.35. The Morgan fingerprint density at radius 3 is 0.898 bits per heavy atom. The highest BCUT2D eigenvalue weighted by Crippen LogP contribution is 2.37. The molecule has 0 bridgehead atoms. The minimum absolute atomic E-state index is 0. The molecular formula is C34H79F13O2. The summed E-state index contributed by atoms with van der Waals surface area (Å²) in [5.41, 5.74) is 0. The lowest BCUT2D eigenvalue weighted by Gasteiger charge is -2.29. The quantitative estimate of drug-likeness (QED) is 0.155. The van der Waals surface area contributed by atoms with E-state index in [4.69, 9.17) is 0 Å². The van der Waals surface area contributed by atoms with Crippen LogP contribution in [0.5, 0.6) is 0 Å². The van der Waals surface area contributed by atoms with Gasteiger partial charge >= 0.3 is 6.11 Å². The molecule has 0 atom stereocenters. The van der Waals surface area contributed by atoms with Gasteiger partial charge in [0.15, 0.2) is 0 Å². The molecule has 0 saturated heterocycles. The highest BCUT2D eigenvalue weighted by molar-refractivity contribution is 4.72. The maximum Gasteiger partial charge on any atom is 0.364 e. The first-order chi connectivity index (χ1) is 19.4. The maximum absolute atomic E-state index is 13.4. The topological polar surface area (TPSA) is 18.5 Å². The molecule has 0 aliphatic heterocycles. The van der Waals surface area contributed by atoms with Gasteiger partial charge in [-0.1, -0.05) is 98.9 Å². The van der Waals surface area contributed by atoms with Gasteiger partial charge in [-0.05, 0) is 19.8 Å². The van der Waals surface area contributed by atoms with Gasteiger partial charge in [0.05, 0.1) is 21.5 Å². The van der Waals surface area contributed by atoms with Crippen molar-refractivity contribution in [2.75, 3.05) is 28.1 Å². The number of rotatable bonds is 15. The van der Waals surface area contributed by atoms with Crippen molar-refractivity contribution in [3.05, 3.63) is 0 Å². The van der Waals surface area contributed by atoms with Crippen molar-refractivity contribution in [3.63, 3.8) is 0 Å². The van der Waals surface area contributed by atoms with Gasteiger partial charge in [0.1, 0.15) is 13.0 Å². The number of hydrogen-bond donors (Lipinski definition) is 0. The van der Waals surface area contributed by atoms with Crippen LogP contribution in [0.4, 0.5) is 57.1 Å². The second kappa shape index (κ2) is 41.4. The lowest BCUT2D eigenvalue weighted by Crippen LogP contribution is -2.38. The van der Waals surface area contributed by atoms with Crippen molar-refractivity contribution in [1.29, 1.82) is 0 Å². The van der Waals surface area contributed by atoms with E-state index in [9.17, 15) is 57.1 Å². The third-order valence-electron chi connectivity index (χ3n) is 5.35. The van der Waals surface area contributed by atoms with Gasteiger partial charge in [0.2, 0.25) is 17.6 Å². The normalized spacial score (nSPS) is 10.7. The van der Waals surface area contributed by atoms with Crippen molar-refractivity contribution in [1.82, 2.24) is 0 Å². The van der Waals surface area contributed by atoms with Gasteiger partial charge in [0, 0.05) is 39.0 Å². The highest BCUT2D eigenvalue weighted by atomic mass is 19.3. The molecule has 0 heterocycles. The summed E-state index contributed by atoms with van der Waals surface area (Å²) in [4.78, 5) is 0. The molecule has 0 amide bonds. The van der Waals surface area contributed by atoms with E-state index in [2.05, 4.69) is 9.47 Å². The second-order valence-electron chi connectivity index (χ2n) is 9.48. The van der Waals surface area contributed by atoms with Crippen molar-refractivity contribution in [2.45, 2.75) is 194 Å². The number of halogens is 13. The molecule has 49 heavy (non-hydrogen) atoms. The monoisotopic (exact) mass is 767 g/mol. The molecule has 0 fully saturated rings. The molecule has 0 saturated carbocycles. The fraction of sp³-hybridized carbons (Fsp3) is 1.00. The zero-order chi connectivity index (χ0) is 36.4. The molecule has 15 heteroatoms. The van der Waals surface area contributed by atoms with Crippen molar-refractivity contribution in [3.8, 4) is 0 Å². The van der Waals surface area contributed by atoms with E-state index in [0.717, 1.165) is 19.8 Å². The Labute approximate surface area is 294 Å². The van der Waals surface area contributed by atoms with Gasteiger partial charge in [0.25, 0.3) is 11.8 Å². The summed E-state index contributed by atoms with van der Waals surface area (Å²) in [6.45, 7) is 10.8. The van der Waals surface area contributed by atoms with Crippen LogP contribution < -0.4 is 0 Å². The van der Waals surface area contributed by atoms with Gasteiger partial charge in [-0.15, -0.1) is 0 Å². The Hall–Kier alpha value is -0.990. The van der Waals surface area contributed by atoms with Crippen LogP contribution in [0.2, 0.25) is 0 Å². The van der Waals surface area contributed by atoms with E-state index in [-0.39, 0.29) is 82.6 Å². The Kier molecular flexibility index (Phi) is 69.2. The van der Waals surface area contributed by atoms with Gasteiger partial charge in [-0.25, -0.2) is 35.1 Å². The minimum atomic E-state index is -4.15. The largest absolute Gasteiger partial charge is 0.364 e. The summed E-state index contributed by atoms with van der Waals surface area (Å²) in [6.07, 6.45) is -4.63. The van der Waals surface area contributed by atoms with E-state index in [1.165, 1.54) is 13.8 Å². The van der Waals surface area contributed by atoms with Crippen LogP contribution in [-0.2, 0) is 9.47 Å². The Morgan fingerprint density at radius 1 is 0.449 bits per heavy atom. The number of ether oxygens (including phenoxy) is 2. The molecule has 2 nitrogen and oxygen atoms in total. The van der Waals surface area contributed by atoms with Crippen LogP contribution in [0, 0.1) is 5.92 Å². The van der Waals surface area contributed by atoms with Gasteiger partial charge in [-0.3, -0.25) is 17.9 Å². The number of alkyl halides is 13. The Morgan fingerprint density at radius 2 is 0.735 bits per heavy atom. The van der Waals surface area contributed by atoms with Crippen LogP contribution in [0.25, 0.3) is 0 Å². The zero-order valence-electron chi connectivity index (χ0n) is 27.7. The molecule has 0 radical (unpaired) electrons.